The molecule has 1 saturated carbocycles. The third-order valence-electron chi connectivity index (χ3n) is 3.33. The number of carbonyl (C=O) groups excluding carboxylic acids is 2. The van der Waals surface area contributed by atoms with Crippen molar-refractivity contribution in [1.82, 2.24) is 10.8 Å². The molecule has 6 nitrogen and oxygen atoms in total. The van der Waals surface area contributed by atoms with E-state index in [9.17, 15) is 14.7 Å². The zero-order valence-corrected chi connectivity index (χ0v) is 11.6. The molecule has 1 aliphatic heterocycles. The molecule has 0 aromatic heterocycles. The molecule has 2 atom stereocenters. The van der Waals surface area contributed by atoms with Crippen molar-refractivity contribution in [1.29, 1.82) is 0 Å². The van der Waals surface area contributed by atoms with Crippen molar-refractivity contribution in [2.75, 3.05) is 0 Å². The van der Waals surface area contributed by atoms with E-state index in [1.54, 1.807) is 0 Å². The molecular formula is C13H24N2O4. The molecule has 110 valence electrons. The number of aliphatic hydroxyl groups is 1. The van der Waals surface area contributed by atoms with Gasteiger partial charge in [0.05, 0.1) is 0 Å². The van der Waals surface area contributed by atoms with Crippen LogP contribution < -0.4 is 10.8 Å². The molecular weight excluding hydrogens is 248 g/mol. The molecule has 1 heterocycles. The van der Waals surface area contributed by atoms with Crippen LogP contribution in [0.5, 0.6) is 0 Å². The smallest absolute Gasteiger partial charge is 0.341 e. The van der Waals surface area contributed by atoms with Crippen LogP contribution in [0.25, 0.3) is 0 Å². The fraction of sp³-hybridized carbons (Fsp3) is 0.846. The molecule has 2 aliphatic rings. The average molecular weight is 272 g/mol. The first kappa shape index (κ1) is 15.9. The first-order valence-electron chi connectivity index (χ1n) is 7.13. The maximum Gasteiger partial charge on any atom is 0.341 e. The third-order valence-corrected chi connectivity index (χ3v) is 3.33. The van der Waals surface area contributed by atoms with Gasteiger partial charge in [0, 0.05) is 6.04 Å². The van der Waals surface area contributed by atoms with Gasteiger partial charge in [-0.2, -0.15) is 0 Å². The van der Waals surface area contributed by atoms with Crippen molar-refractivity contribution >= 4 is 11.9 Å². The van der Waals surface area contributed by atoms with Gasteiger partial charge < -0.3 is 15.3 Å². The molecule has 0 radical (unpaired) electrons. The summed E-state index contributed by atoms with van der Waals surface area (Å²) in [5.41, 5.74) is 2.09. The monoisotopic (exact) mass is 272 g/mol. The molecule has 6 heteroatoms. The highest BCUT2D eigenvalue weighted by Gasteiger charge is 2.42. The Balaban J connectivity index is 0.000000861. The van der Waals surface area contributed by atoms with E-state index >= 15 is 0 Å². The molecule has 0 aromatic rings. The summed E-state index contributed by atoms with van der Waals surface area (Å²) >= 11 is 0. The quantitative estimate of drug-likeness (QED) is 0.512. The normalized spacial score (nSPS) is 27.8. The number of amides is 1. The second kappa shape index (κ2) is 8.12. The minimum Gasteiger partial charge on any atom is -0.374 e. The number of hydroxylamine groups is 1. The molecule has 2 unspecified atom stereocenters. The van der Waals surface area contributed by atoms with E-state index in [0.717, 1.165) is 25.7 Å². The van der Waals surface area contributed by atoms with Crippen LogP contribution in [0.1, 0.15) is 52.4 Å². The second-order valence-corrected chi connectivity index (χ2v) is 4.66. The Labute approximate surface area is 113 Å². The molecule has 0 spiro atoms. The molecule has 0 bridgehead atoms. The summed E-state index contributed by atoms with van der Waals surface area (Å²) in [4.78, 5) is 27.5. The predicted molar refractivity (Wildman–Crippen MR) is 69.7 cm³/mol. The van der Waals surface area contributed by atoms with Crippen LogP contribution in [0.15, 0.2) is 0 Å². The highest BCUT2D eigenvalue weighted by atomic mass is 16.7. The number of hydrogen-bond acceptors (Lipinski definition) is 5. The third kappa shape index (κ3) is 4.47. The van der Waals surface area contributed by atoms with Crippen LogP contribution in [-0.4, -0.2) is 29.3 Å². The standard InChI is InChI=1S/C11H18N2O4.C2H6/c14-9(8-10(15)13-17-11(8)16)12-7-5-3-1-2-4-6-7;1-2/h7-8,10,13,15H,1-6H2,(H,12,14);1-2H3. The van der Waals surface area contributed by atoms with E-state index in [4.69, 9.17) is 0 Å². The minimum atomic E-state index is -1.24. The SMILES string of the molecule is CC.O=C(NC1CCCCCC1)C1C(=O)ONC1O. The Bertz CT molecular complexity index is 301. The molecule has 19 heavy (non-hydrogen) atoms. The lowest BCUT2D eigenvalue weighted by Gasteiger charge is -2.18. The first-order valence-corrected chi connectivity index (χ1v) is 7.13. The molecule has 1 amide bonds. The van der Waals surface area contributed by atoms with E-state index in [1.165, 1.54) is 12.8 Å². The van der Waals surface area contributed by atoms with Crippen molar-refractivity contribution in [2.45, 2.75) is 64.6 Å². The van der Waals surface area contributed by atoms with Crippen molar-refractivity contribution in [2.24, 2.45) is 5.92 Å². The van der Waals surface area contributed by atoms with Crippen molar-refractivity contribution < 1.29 is 19.5 Å². The summed E-state index contributed by atoms with van der Waals surface area (Å²) in [5, 5.41) is 12.2. The lowest BCUT2D eigenvalue weighted by molar-refractivity contribution is -0.148. The van der Waals surface area contributed by atoms with Crippen LogP contribution in [0.3, 0.4) is 0 Å². The van der Waals surface area contributed by atoms with Crippen LogP contribution in [0.2, 0.25) is 0 Å². The molecule has 1 aliphatic carbocycles. The summed E-state index contributed by atoms with van der Waals surface area (Å²) < 4.78 is 0. The summed E-state index contributed by atoms with van der Waals surface area (Å²) in [5.74, 6) is -2.30. The maximum atomic E-state index is 11.8. The summed E-state index contributed by atoms with van der Waals surface area (Å²) in [6.07, 6.45) is 5.23. The Morgan fingerprint density at radius 2 is 1.84 bits per heavy atom. The van der Waals surface area contributed by atoms with Gasteiger partial charge in [-0.15, -0.1) is 5.48 Å². The zero-order valence-electron chi connectivity index (χ0n) is 11.6. The van der Waals surface area contributed by atoms with Gasteiger partial charge in [-0.1, -0.05) is 39.5 Å². The number of carbonyl (C=O) groups is 2. The van der Waals surface area contributed by atoms with Gasteiger partial charge in [0.25, 0.3) is 0 Å². The molecule has 3 N–H and O–H groups in total. The van der Waals surface area contributed by atoms with E-state index in [1.807, 2.05) is 13.8 Å². The Morgan fingerprint density at radius 1 is 1.26 bits per heavy atom. The molecule has 2 rings (SSSR count). The van der Waals surface area contributed by atoms with E-state index in [-0.39, 0.29) is 6.04 Å². The number of rotatable bonds is 2. The van der Waals surface area contributed by atoms with Gasteiger partial charge in [0.1, 0.15) is 0 Å². The Hall–Kier alpha value is -1.14. The zero-order chi connectivity index (χ0) is 14.3. The van der Waals surface area contributed by atoms with Crippen LogP contribution >= 0.6 is 0 Å². The fourth-order valence-electron chi connectivity index (χ4n) is 2.34. The molecule has 2 fully saturated rings. The molecule has 1 saturated heterocycles. The van der Waals surface area contributed by atoms with Crippen molar-refractivity contribution in [3.05, 3.63) is 0 Å². The Morgan fingerprint density at radius 3 is 2.32 bits per heavy atom. The minimum absolute atomic E-state index is 0.116. The van der Waals surface area contributed by atoms with Crippen LogP contribution in [0, 0.1) is 5.92 Å². The van der Waals surface area contributed by atoms with Gasteiger partial charge in [-0.25, -0.2) is 4.79 Å². The molecule has 0 aromatic carbocycles. The van der Waals surface area contributed by atoms with Gasteiger partial charge >= 0.3 is 5.97 Å². The average Bonchev–Trinajstić information content (AvgIpc) is 2.61. The lowest BCUT2D eigenvalue weighted by Crippen LogP contribution is -2.44. The first-order chi connectivity index (χ1) is 9.18. The Kier molecular flexibility index (Phi) is 6.80. The lowest BCUT2D eigenvalue weighted by atomic mass is 10.1. The van der Waals surface area contributed by atoms with Crippen molar-refractivity contribution in [3.63, 3.8) is 0 Å². The van der Waals surface area contributed by atoms with Crippen LogP contribution in [-0.2, 0) is 14.4 Å². The van der Waals surface area contributed by atoms with Gasteiger partial charge in [0.2, 0.25) is 5.91 Å². The van der Waals surface area contributed by atoms with Gasteiger partial charge in [0.15, 0.2) is 12.1 Å². The van der Waals surface area contributed by atoms with E-state index in [0.29, 0.717) is 0 Å². The number of aliphatic hydroxyl groups excluding tert-OH is 1. The summed E-state index contributed by atoms with van der Waals surface area (Å²) in [6.45, 7) is 4.00. The predicted octanol–water partition coefficient (Wildman–Crippen LogP) is 0.848. The highest BCUT2D eigenvalue weighted by Crippen LogP contribution is 2.18. The van der Waals surface area contributed by atoms with E-state index in [2.05, 4.69) is 15.6 Å². The summed E-state index contributed by atoms with van der Waals surface area (Å²) in [6, 6.07) is 0.116. The number of nitrogens with one attached hydrogen (secondary N) is 2. The van der Waals surface area contributed by atoms with E-state index < -0.39 is 24.0 Å². The highest BCUT2D eigenvalue weighted by molar-refractivity contribution is 5.99. The maximum absolute atomic E-state index is 11.8. The summed E-state index contributed by atoms with van der Waals surface area (Å²) in [7, 11) is 0. The van der Waals surface area contributed by atoms with Crippen LogP contribution in [0.4, 0.5) is 0 Å². The van der Waals surface area contributed by atoms with Gasteiger partial charge in [-0.05, 0) is 12.8 Å². The van der Waals surface area contributed by atoms with Gasteiger partial charge in [-0.3, -0.25) is 4.79 Å². The fourth-order valence-corrected chi connectivity index (χ4v) is 2.34. The van der Waals surface area contributed by atoms with Crippen molar-refractivity contribution in [3.8, 4) is 0 Å². The number of hydrogen-bond donors (Lipinski definition) is 3. The second-order valence-electron chi connectivity index (χ2n) is 4.66. The topological polar surface area (TPSA) is 87.7 Å². The largest absolute Gasteiger partial charge is 0.374 e.